The van der Waals surface area contributed by atoms with Gasteiger partial charge in [0.05, 0.1) is 6.10 Å². The summed E-state index contributed by atoms with van der Waals surface area (Å²) in [5, 5.41) is 9.11. The van der Waals surface area contributed by atoms with E-state index < -0.39 is 23.7 Å². The average molecular weight is 283 g/mol. The van der Waals surface area contributed by atoms with Crippen LogP contribution in [0.25, 0.3) is 0 Å². The van der Waals surface area contributed by atoms with Crippen molar-refractivity contribution < 1.29 is 23.8 Å². The van der Waals surface area contributed by atoms with Gasteiger partial charge < -0.3 is 15.6 Å². The lowest BCUT2D eigenvalue weighted by Crippen LogP contribution is -2.30. The van der Waals surface area contributed by atoms with Crippen molar-refractivity contribution in [2.45, 2.75) is 32.8 Å². The van der Waals surface area contributed by atoms with Crippen LogP contribution in [0, 0.1) is 11.7 Å². The number of nitrogens with two attached hydrogens (primary N) is 1. The smallest absolute Gasteiger partial charge is 0.320 e. The van der Waals surface area contributed by atoms with Gasteiger partial charge in [0.1, 0.15) is 5.82 Å². The molecule has 0 amide bonds. The summed E-state index contributed by atoms with van der Waals surface area (Å²) < 4.78 is 18.6. The first-order chi connectivity index (χ1) is 9.36. The minimum Gasteiger partial charge on any atom is -0.481 e. The molecule has 0 aliphatic carbocycles. The van der Waals surface area contributed by atoms with Crippen molar-refractivity contribution in [2.75, 3.05) is 5.73 Å². The lowest BCUT2D eigenvalue weighted by Gasteiger charge is -2.16. The van der Waals surface area contributed by atoms with Gasteiger partial charge in [-0.1, -0.05) is 13.0 Å². The number of anilines is 1. The molecule has 0 radical (unpaired) electrons. The van der Waals surface area contributed by atoms with E-state index >= 15 is 0 Å². The van der Waals surface area contributed by atoms with Crippen molar-refractivity contribution in [1.29, 1.82) is 0 Å². The zero-order chi connectivity index (χ0) is 15.3. The summed E-state index contributed by atoms with van der Waals surface area (Å²) >= 11 is 0. The van der Waals surface area contributed by atoms with Crippen molar-refractivity contribution in [2.24, 2.45) is 5.92 Å². The Morgan fingerprint density at radius 1 is 1.45 bits per heavy atom. The van der Waals surface area contributed by atoms with Crippen LogP contribution in [0.2, 0.25) is 0 Å². The summed E-state index contributed by atoms with van der Waals surface area (Å²) in [4.78, 5) is 23.0. The second-order valence-electron chi connectivity index (χ2n) is 4.56. The number of rotatable bonds is 6. The summed E-state index contributed by atoms with van der Waals surface area (Å²) in [7, 11) is 0. The van der Waals surface area contributed by atoms with Crippen LogP contribution in [0.3, 0.4) is 0 Å². The molecule has 5 nitrogen and oxygen atoms in total. The van der Waals surface area contributed by atoms with Gasteiger partial charge in [0.15, 0.2) is 5.92 Å². The number of carbonyl (C=O) groups excluding carboxylic acids is 1. The number of carboxylic acid groups (broad SMARTS) is 1. The predicted molar refractivity (Wildman–Crippen MR) is 71.5 cm³/mol. The number of carbonyl (C=O) groups is 2. The number of halogens is 1. The molecule has 6 heteroatoms. The van der Waals surface area contributed by atoms with Gasteiger partial charge in [-0.3, -0.25) is 9.59 Å². The number of carboxylic acids is 1. The molecule has 1 aromatic rings. The molecule has 20 heavy (non-hydrogen) atoms. The molecular weight excluding hydrogens is 265 g/mol. The van der Waals surface area contributed by atoms with Crippen LogP contribution < -0.4 is 5.73 Å². The van der Waals surface area contributed by atoms with E-state index in [0.29, 0.717) is 6.42 Å². The van der Waals surface area contributed by atoms with Crippen LogP contribution in [0.1, 0.15) is 25.8 Å². The highest BCUT2D eigenvalue weighted by Gasteiger charge is 2.30. The first-order valence-corrected chi connectivity index (χ1v) is 6.33. The van der Waals surface area contributed by atoms with Crippen molar-refractivity contribution >= 4 is 17.6 Å². The molecule has 0 fully saturated rings. The molecule has 0 heterocycles. The Morgan fingerprint density at radius 2 is 2.10 bits per heavy atom. The van der Waals surface area contributed by atoms with Crippen molar-refractivity contribution in [3.05, 3.63) is 29.6 Å². The Labute approximate surface area is 116 Å². The normalized spacial score (nSPS) is 13.6. The summed E-state index contributed by atoms with van der Waals surface area (Å²) in [6, 6.07) is 4.04. The van der Waals surface area contributed by atoms with Crippen molar-refractivity contribution in [1.82, 2.24) is 0 Å². The standard InChI is InChI=1S/C14H18FNO4/c1-3-8(2)20-14(19)10(13(17)18)7-9-11(15)5-4-6-12(9)16/h4-6,8,10H,3,7,16H2,1-2H3,(H,17,18). The molecule has 2 atom stereocenters. The van der Waals surface area contributed by atoms with Gasteiger partial charge in [-0.15, -0.1) is 0 Å². The van der Waals surface area contributed by atoms with Crippen molar-refractivity contribution in [3.63, 3.8) is 0 Å². The van der Waals surface area contributed by atoms with E-state index in [4.69, 9.17) is 15.6 Å². The van der Waals surface area contributed by atoms with Crippen LogP contribution in [-0.4, -0.2) is 23.1 Å². The largest absolute Gasteiger partial charge is 0.481 e. The average Bonchev–Trinajstić information content (AvgIpc) is 2.37. The predicted octanol–water partition coefficient (Wildman–Crippen LogP) is 1.99. The zero-order valence-electron chi connectivity index (χ0n) is 11.4. The van der Waals surface area contributed by atoms with Gasteiger partial charge in [0, 0.05) is 17.7 Å². The zero-order valence-corrected chi connectivity index (χ0v) is 11.4. The maximum Gasteiger partial charge on any atom is 0.320 e. The molecule has 0 bridgehead atoms. The fraction of sp³-hybridized carbons (Fsp3) is 0.429. The third-order valence-electron chi connectivity index (χ3n) is 3.04. The summed E-state index contributed by atoms with van der Waals surface area (Å²) in [6.07, 6.45) is -0.148. The number of benzene rings is 1. The molecule has 0 spiro atoms. The van der Waals surface area contributed by atoms with Crippen LogP contribution in [0.15, 0.2) is 18.2 Å². The summed E-state index contributed by atoms with van der Waals surface area (Å²) in [6.45, 7) is 3.47. The Morgan fingerprint density at radius 3 is 2.60 bits per heavy atom. The maximum atomic E-state index is 13.6. The highest BCUT2D eigenvalue weighted by atomic mass is 19.1. The second-order valence-corrected chi connectivity index (χ2v) is 4.56. The molecule has 110 valence electrons. The van der Waals surface area contributed by atoms with E-state index in [2.05, 4.69) is 0 Å². The molecule has 0 saturated heterocycles. The fourth-order valence-corrected chi connectivity index (χ4v) is 1.63. The molecular formula is C14H18FNO4. The van der Waals surface area contributed by atoms with Crippen LogP contribution in [-0.2, 0) is 20.7 Å². The monoisotopic (exact) mass is 283 g/mol. The Bertz CT molecular complexity index is 484. The minimum absolute atomic E-state index is 0.0148. The second kappa shape index (κ2) is 6.88. The number of hydrogen-bond acceptors (Lipinski definition) is 4. The van der Waals surface area contributed by atoms with Crippen LogP contribution in [0.5, 0.6) is 0 Å². The summed E-state index contributed by atoms with van der Waals surface area (Å²) in [5.74, 6) is -4.34. The first kappa shape index (κ1) is 15.9. The molecule has 1 rings (SSSR count). The number of aliphatic carboxylic acids is 1. The molecule has 1 aromatic carbocycles. The number of nitrogen functional groups attached to an aromatic ring is 1. The van der Waals surface area contributed by atoms with Crippen LogP contribution >= 0.6 is 0 Å². The van der Waals surface area contributed by atoms with Gasteiger partial charge >= 0.3 is 11.9 Å². The van der Waals surface area contributed by atoms with Crippen LogP contribution in [0.4, 0.5) is 10.1 Å². The highest BCUT2D eigenvalue weighted by molar-refractivity contribution is 5.94. The maximum absolute atomic E-state index is 13.6. The molecule has 0 aliphatic heterocycles. The third kappa shape index (κ3) is 3.94. The molecule has 3 N–H and O–H groups in total. The Balaban J connectivity index is 2.93. The first-order valence-electron chi connectivity index (χ1n) is 6.33. The number of esters is 1. The lowest BCUT2D eigenvalue weighted by atomic mass is 9.97. The van der Waals surface area contributed by atoms with Gasteiger partial charge in [-0.25, -0.2) is 4.39 Å². The fourth-order valence-electron chi connectivity index (χ4n) is 1.63. The van der Waals surface area contributed by atoms with E-state index in [9.17, 15) is 14.0 Å². The van der Waals surface area contributed by atoms with Gasteiger partial charge in [-0.05, 0) is 25.5 Å². The topological polar surface area (TPSA) is 89.6 Å². The third-order valence-corrected chi connectivity index (χ3v) is 3.04. The minimum atomic E-state index is -1.47. The van der Waals surface area contributed by atoms with E-state index in [-0.39, 0.29) is 23.8 Å². The van der Waals surface area contributed by atoms with Gasteiger partial charge in [-0.2, -0.15) is 0 Å². The highest BCUT2D eigenvalue weighted by Crippen LogP contribution is 2.21. The SMILES string of the molecule is CCC(C)OC(=O)C(Cc1c(N)cccc1F)C(=O)O. The number of hydrogen-bond donors (Lipinski definition) is 2. The van der Waals surface area contributed by atoms with E-state index in [1.807, 2.05) is 6.92 Å². The van der Waals surface area contributed by atoms with E-state index in [1.165, 1.54) is 18.2 Å². The van der Waals surface area contributed by atoms with E-state index in [0.717, 1.165) is 0 Å². The van der Waals surface area contributed by atoms with Crippen molar-refractivity contribution in [3.8, 4) is 0 Å². The Kier molecular flexibility index (Phi) is 5.49. The Hall–Kier alpha value is -2.11. The molecule has 0 saturated carbocycles. The lowest BCUT2D eigenvalue weighted by molar-refractivity contribution is -0.161. The number of ether oxygens (including phenoxy) is 1. The van der Waals surface area contributed by atoms with Gasteiger partial charge in [0.2, 0.25) is 0 Å². The summed E-state index contributed by atoms with van der Waals surface area (Å²) in [5.41, 5.74) is 5.75. The molecule has 0 aromatic heterocycles. The quantitative estimate of drug-likeness (QED) is 0.473. The molecule has 0 aliphatic rings. The van der Waals surface area contributed by atoms with Gasteiger partial charge in [0.25, 0.3) is 0 Å². The van der Waals surface area contributed by atoms with E-state index in [1.54, 1.807) is 6.92 Å². The molecule has 2 unspecified atom stereocenters.